The van der Waals surface area contributed by atoms with E-state index in [1.807, 2.05) is 18.2 Å². The lowest BCUT2D eigenvalue weighted by Crippen LogP contribution is -1.81. The van der Waals surface area contributed by atoms with Crippen LogP contribution in [0.1, 0.15) is 11.1 Å². The number of hydrogen-bond donors (Lipinski definition) is 0. The van der Waals surface area contributed by atoms with Crippen molar-refractivity contribution in [2.45, 2.75) is 6.42 Å². The first-order chi connectivity index (χ1) is 4.86. The fourth-order valence-corrected chi connectivity index (χ4v) is 1.22. The predicted molar refractivity (Wildman–Crippen MR) is 39.1 cm³/mol. The highest BCUT2D eigenvalue weighted by Gasteiger charge is 2.03. The van der Waals surface area contributed by atoms with Gasteiger partial charge in [-0.3, -0.25) is 0 Å². The highest BCUT2D eigenvalue weighted by molar-refractivity contribution is 5.59. The van der Waals surface area contributed by atoms with E-state index in [0.29, 0.717) is 0 Å². The maximum Gasteiger partial charge on any atom is 0.123 e. The van der Waals surface area contributed by atoms with E-state index in [1.165, 1.54) is 11.6 Å². The molecule has 10 heavy (non-hydrogen) atoms. The number of allylic oxidation sites excluding steroid dienone is 1. The van der Waals surface area contributed by atoms with Crippen LogP contribution in [0.2, 0.25) is 0 Å². The molecule has 0 nitrogen and oxygen atoms in total. The van der Waals surface area contributed by atoms with Gasteiger partial charge in [0.05, 0.1) is 0 Å². The molecule has 1 aromatic carbocycles. The highest BCUT2D eigenvalue weighted by atomic mass is 19.1. The molecule has 0 bridgehead atoms. The van der Waals surface area contributed by atoms with Crippen LogP contribution in [0.3, 0.4) is 0 Å². The van der Waals surface area contributed by atoms with E-state index < -0.39 is 0 Å². The molecule has 1 heteroatoms. The summed E-state index contributed by atoms with van der Waals surface area (Å²) in [5.74, 6) is -0.148. The van der Waals surface area contributed by atoms with E-state index in [0.717, 1.165) is 12.0 Å². The zero-order valence-electron chi connectivity index (χ0n) is 5.47. The van der Waals surface area contributed by atoms with Gasteiger partial charge in [-0.2, -0.15) is 0 Å². The Morgan fingerprint density at radius 3 is 3.10 bits per heavy atom. The van der Waals surface area contributed by atoms with Crippen LogP contribution in [-0.4, -0.2) is 0 Å². The SMILES string of the molecule is Fc1ccc2c(c1)C=CC2. The summed E-state index contributed by atoms with van der Waals surface area (Å²) in [7, 11) is 0. The Morgan fingerprint density at radius 2 is 2.20 bits per heavy atom. The van der Waals surface area contributed by atoms with Crippen LogP contribution in [0, 0.1) is 5.82 Å². The van der Waals surface area contributed by atoms with Crippen LogP contribution in [0.25, 0.3) is 6.08 Å². The first-order valence-electron chi connectivity index (χ1n) is 3.31. The molecule has 0 saturated carbocycles. The quantitative estimate of drug-likeness (QED) is 0.511. The first-order valence-corrected chi connectivity index (χ1v) is 3.31. The molecule has 1 aliphatic rings. The Morgan fingerprint density at radius 1 is 1.30 bits per heavy atom. The lowest BCUT2D eigenvalue weighted by atomic mass is 10.1. The molecule has 0 atom stereocenters. The largest absolute Gasteiger partial charge is 0.207 e. The Kier molecular flexibility index (Phi) is 1.10. The molecule has 0 heterocycles. The second-order valence-corrected chi connectivity index (χ2v) is 2.45. The Bertz CT molecular complexity index is 287. The topological polar surface area (TPSA) is 0 Å². The third kappa shape index (κ3) is 0.747. The average Bonchev–Trinajstić information content (AvgIpc) is 2.33. The van der Waals surface area contributed by atoms with Crippen molar-refractivity contribution in [3.05, 3.63) is 41.2 Å². The summed E-state index contributed by atoms with van der Waals surface area (Å²) in [6.07, 6.45) is 4.96. The summed E-state index contributed by atoms with van der Waals surface area (Å²) in [6, 6.07) is 4.91. The molecule has 50 valence electrons. The number of benzene rings is 1. The Labute approximate surface area is 59.0 Å². The van der Waals surface area contributed by atoms with Crippen LogP contribution in [0.15, 0.2) is 24.3 Å². The van der Waals surface area contributed by atoms with E-state index in [4.69, 9.17) is 0 Å². The third-order valence-corrected chi connectivity index (χ3v) is 1.74. The molecule has 0 amide bonds. The van der Waals surface area contributed by atoms with Gasteiger partial charge in [-0.15, -0.1) is 0 Å². The second kappa shape index (κ2) is 1.94. The smallest absolute Gasteiger partial charge is 0.123 e. The van der Waals surface area contributed by atoms with Crippen LogP contribution in [-0.2, 0) is 6.42 Å². The molecule has 0 N–H and O–H groups in total. The Hall–Kier alpha value is -1.11. The van der Waals surface area contributed by atoms with Gasteiger partial charge in [0, 0.05) is 0 Å². The third-order valence-electron chi connectivity index (χ3n) is 1.74. The predicted octanol–water partition coefficient (Wildman–Crippen LogP) is 2.40. The molecule has 0 fully saturated rings. The normalized spacial score (nSPS) is 13.7. The molecular weight excluding hydrogens is 127 g/mol. The zero-order valence-corrected chi connectivity index (χ0v) is 5.47. The Balaban J connectivity index is 2.60. The minimum Gasteiger partial charge on any atom is -0.207 e. The number of rotatable bonds is 0. The lowest BCUT2D eigenvalue weighted by Gasteiger charge is -1.95. The fraction of sp³-hybridized carbons (Fsp3) is 0.111. The van der Waals surface area contributed by atoms with E-state index >= 15 is 0 Å². The van der Waals surface area contributed by atoms with E-state index in [9.17, 15) is 4.39 Å². The van der Waals surface area contributed by atoms with Gasteiger partial charge in [-0.25, -0.2) is 4.39 Å². The van der Waals surface area contributed by atoms with Gasteiger partial charge >= 0.3 is 0 Å². The van der Waals surface area contributed by atoms with Crippen molar-refractivity contribution in [3.63, 3.8) is 0 Å². The first kappa shape index (κ1) is 5.66. The monoisotopic (exact) mass is 134 g/mol. The molecular formula is C9H7F. The van der Waals surface area contributed by atoms with E-state index in [2.05, 4.69) is 0 Å². The van der Waals surface area contributed by atoms with Crippen molar-refractivity contribution in [1.29, 1.82) is 0 Å². The number of hydrogen-bond acceptors (Lipinski definition) is 0. The molecule has 0 saturated heterocycles. The van der Waals surface area contributed by atoms with Crippen LogP contribution >= 0.6 is 0 Å². The van der Waals surface area contributed by atoms with Gasteiger partial charge in [0.2, 0.25) is 0 Å². The summed E-state index contributed by atoms with van der Waals surface area (Å²) in [5, 5.41) is 0. The van der Waals surface area contributed by atoms with E-state index in [1.54, 1.807) is 6.07 Å². The second-order valence-electron chi connectivity index (χ2n) is 2.45. The van der Waals surface area contributed by atoms with Crippen molar-refractivity contribution in [1.82, 2.24) is 0 Å². The van der Waals surface area contributed by atoms with Gasteiger partial charge in [-0.1, -0.05) is 18.2 Å². The number of fused-ring (bicyclic) bond motifs is 1. The standard InChI is InChI=1S/C9H7F/c10-9-5-4-7-2-1-3-8(7)6-9/h1,3-6H,2H2. The average molecular weight is 134 g/mol. The molecule has 0 aliphatic heterocycles. The molecule has 1 aliphatic carbocycles. The van der Waals surface area contributed by atoms with Crippen molar-refractivity contribution >= 4 is 6.08 Å². The van der Waals surface area contributed by atoms with E-state index in [-0.39, 0.29) is 5.82 Å². The van der Waals surface area contributed by atoms with Crippen LogP contribution < -0.4 is 0 Å². The van der Waals surface area contributed by atoms with Crippen molar-refractivity contribution in [2.75, 3.05) is 0 Å². The minimum atomic E-state index is -0.148. The molecule has 1 aromatic rings. The van der Waals surface area contributed by atoms with Crippen molar-refractivity contribution in [3.8, 4) is 0 Å². The molecule has 0 radical (unpaired) electrons. The molecule has 0 unspecified atom stereocenters. The molecule has 0 spiro atoms. The van der Waals surface area contributed by atoms with Gasteiger partial charge in [0.1, 0.15) is 5.82 Å². The van der Waals surface area contributed by atoms with Gasteiger partial charge in [-0.05, 0) is 29.7 Å². The number of halogens is 1. The maximum atomic E-state index is 12.5. The molecule has 2 rings (SSSR count). The molecule has 0 aromatic heterocycles. The summed E-state index contributed by atoms with van der Waals surface area (Å²) in [6.45, 7) is 0. The highest BCUT2D eigenvalue weighted by Crippen LogP contribution is 2.19. The summed E-state index contributed by atoms with van der Waals surface area (Å²) in [4.78, 5) is 0. The summed E-state index contributed by atoms with van der Waals surface area (Å²) >= 11 is 0. The van der Waals surface area contributed by atoms with Gasteiger partial charge in [0.25, 0.3) is 0 Å². The lowest BCUT2D eigenvalue weighted by molar-refractivity contribution is 0.627. The van der Waals surface area contributed by atoms with Gasteiger partial charge in [0.15, 0.2) is 0 Å². The van der Waals surface area contributed by atoms with Crippen molar-refractivity contribution < 1.29 is 4.39 Å². The van der Waals surface area contributed by atoms with Crippen LogP contribution in [0.4, 0.5) is 4.39 Å². The minimum absolute atomic E-state index is 0.148. The summed E-state index contributed by atoms with van der Waals surface area (Å²) in [5.41, 5.74) is 2.25. The maximum absolute atomic E-state index is 12.5. The summed E-state index contributed by atoms with van der Waals surface area (Å²) < 4.78 is 12.5. The fourth-order valence-electron chi connectivity index (χ4n) is 1.22. The van der Waals surface area contributed by atoms with Crippen molar-refractivity contribution in [2.24, 2.45) is 0 Å². The van der Waals surface area contributed by atoms with Gasteiger partial charge < -0.3 is 0 Å². The van der Waals surface area contributed by atoms with Crippen LogP contribution in [0.5, 0.6) is 0 Å². The zero-order chi connectivity index (χ0) is 6.97.